The Morgan fingerprint density at radius 1 is 1.17 bits per heavy atom. The fourth-order valence-electron chi connectivity index (χ4n) is 3.07. The molecule has 1 aromatic rings. The number of rotatable bonds is 6. The highest BCUT2D eigenvalue weighted by Crippen LogP contribution is 2.46. The molecule has 3 nitrogen and oxygen atoms in total. The Morgan fingerprint density at radius 3 is 2.25 bits per heavy atom. The monoisotopic (exact) mass is 345 g/mol. The molecule has 0 saturated carbocycles. The summed E-state index contributed by atoms with van der Waals surface area (Å²) in [5.74, 6) is 0.677. The Bertz CT molecular complexity index is 625. The van der Waals surface area contributed by atoms with E-state index in [0.29, 0.717) is 12.1 Å². The molecule has 0 aliphatic carbocycles. The van der Waals surface area contributed by atoms with Gasteiger partial charge in [0.2, 0.25) is 11.8 Å². The first-order valence-corrected chi connectivity index (χ1v) is 9.79. The van der Waals surface area contributed by atoms with Gasteiger partial charge in [0.15, 0.2) is 0 Å². The van der Waals surface area contributed by atoms with E-state index in [2.05, 4.69) is 46.7 Å². The van der Waals surface area contributed by atoms with E-state index in [1.165, 1.54) is 10.5 Å². The third-order valence-corrected chi connectivity index (χ3v) is 7.00. The third-order valence-electron chi connectivity index (χ3n) is 5.90. The van der Waals surface area contributed by atoms with Crippen molar-refractivity contribution in [3.8, 4) is 0 Å². The van der Waals surface area contributed by atoms with Gasteiger partial charge in [0.1, 0.15) is 7.28 Å². The van der Waals surface area contributed by atoms with Crippen molar-refractivity contribution in [3.05, 3.63) is 29.8 Å². The summed E-state index contributed by atoms with van der Waals surface area (Å²) in [4.78, 5) is 26.1. The highest BCUT2D eigenvalue weighted by Gasteiger charge is 2.40. The van der Waals surface area contributed by atoms with Crippen LogP contribution in [0.1, 0.15) is 46.6 Å². The van der Waals surface area contributed by atoms with Gasteiger partial charge in [-0.1, -0.05) is 58.9 Å². The lowest BCUT2D eigenvalue weighted by Gasteiger charge is -2.41. The maximum atomic E-state index is 12.5. The zero-order valence-corrected chi connectivity index (χ0v) is 16.5. The normalized spacial score (nSPS) is 19.1. The van der Waals surface area contributed by atoms with Crippen LogP contribution < -0.4 is 4.90 Å². The molecule has 130 valence electrons. The predicted octanol–water partition coefficient (Wildman–Crippen LogP) is 4.03. The molecule has 1 saturated heterocycles. The highest BCUT2D eigenvalue weighted by molar-refractivity contribution is 8.00. The number of thioether (sulfide) groups is 1. The van der Waals surface area contributed by atoms with Crippen LogP contribution in [0.2, 0.25) is 12.1 Å². The molecule has 0 spiro atoms. The summed E-state index contributed by atoms with van der Waals surface area (Å²) >= 11 is 1.55. The lowest BCUT2D eigenvalue weighted by molar-refractivity contribution is -0.121. The Morgan fingerprint density at radius 2 is 1.75 bits per heavy atom. The van der Waals surface area contributed by atoms with E-state index in [0.717, 1.165) is 13.0 Å². The number of anilines is 1. The van der Waals surface area contributed by atoms with E-state index >= 15 is 0 Å². The molecule has 2 amide bonds. The van der Waals surface area contributed by atoms with Gasteiger partial charge in [0.25, 0.3) is 0 Å². The van der Waals surface area contributed by atoms with Gasteiger partial charge in [-0.25, -0.2) is 4.90 Å². The maximum absolute atomic E-state index is 12.5. The van der Waals surface area contributed by atoms with E-state index in [4.69, 9.17) is 0 Å². The van der Waals surface area contributed by atoms with Crippen molar-refractivity contribution in [2.24, 2.45) is 0 Å². The van der Waals surface area contributed by atoms with Crippen LogP contribution in [0.15, 0.2) is 24.3 Å². The van der Waals surface area contributed by atoms with Gasteiger partial charge in [-0.05, 0) is 28.9 Å². The Kier molecular flexibility index (Phi) is 5.53. The number of hydrogen-bond donors (Lipinski definition) is 0. The SMILES string of the molecule is CBC(C)(C)C(C)(C)c1ccc(N2C(=O)CC(SCC)C2=O)cc1. The van der Waals surface area contributed by atoms with Crippen molar-refractivity contribution >= 4 is 36.5 Å². The van der Waals surface area contributed by atoms with E-state index in [9.17, 15) is 9.59 Å². The molecule has 0 radical (unpaired) electrons. The summed E-state index contributed by atoms with van der Waals surface area (Å²) in [6.45, 7) is 13.3. The quantitative estimate of drug-likeness (QED) is 0.577. The second kappa shape index (κ2) is 6.95. The minimum Gasteiger partial charge on any atom is -0.274 e. The van der Waals surface area contributed by atoms with Gasteiger partial charge in [-0.3, -0.25) is 9.59 Å². The van der Waals surface area contributed by atoms with Crippen molar-refractivity contribution in [2.45, 2.75) is 63.8 Å². The fraction of sp³-hybridized carbons (Fsp3) is 0.579. The zero-order valence-electron chi connectivity index (χ0n) is 15.7. The van der Waals surface area contributed by atoms with Gasteiger partial charge in [-0.15, -0.1) is 11.8 Å². The van der Waals surface area contributed by atoms with Gasteiger partial charge in [0.05, 0.1) is 10.9 Å². The standard InChI is InChI=1S/C19H28BNO2S/c1-7-24-15-12-16(22)21(17(15)23)14-10-8-13(9-11-14)18(2,3)19(4,5)20-6/h8-11,15,20H,7,12H2,1-6H3. The second-order valence-electron chi connectivity index (χ2n) is 7.62. The summed E-state index contributed by atoms with van der Waals surface area (Å²) in [7, 11) is 1.08. The Labute approximate surface area is 150 Å². The average Bonchev–Trinajstić information content (AvgIpc) is 2.82. The van der Waals surface area contributed by atoms with Crippen LogP contribution in [0.4, 0.5) is 5.69 Å². The van der Waals surface area contributed by atoms with E-state index in [-0.39, 0.29) is 27.8 Å². The number of benzene rings is 1. The Balaban J connectivity index is 2.27. The van der Waals surface area contributed by atoms with Crippen LogP contribution in [-0.2, 0) is 15.0 Å². The molecule has 2 rings (SSSR count). The van der Waals surface area contributed by atoms with E-state index in [1.807, 2.05) is 19.1 Å². The fourth-order valence-corrected chi connectivity index (χ4v) is 3.98. The van der Waals surface area contributed by atoms with Crippen molar-refractivity contribution in [1.29, 1.82) is 0 Å². The first-order valence-electron chi connectivity index (χ1n) is 8.74. The van der Waals surface area contributed by atoms with Gasteiger partial charge in [-0.2, -0.15) is 0 Å². The molecule has 0 aromatic heterocycles. The van der Waals surface area contributed by atoms with Crippen LogP contribution in [0.25, 0.3) is 0 Å². The largest absolute Gasteiger partial charge is 0.274 e. The summed E-state index contributed by atoms with van der Waals surface area (Å²) in [6.07, 6.45) is 0.313. The maximum Gasteiger partial charge on any atom is 0.247 e. The molecule has 1 unspecified atom stereocenters. The first-order chi connectivity index (χ1) is 11.2. The number of carbonyl (C=O) groups is 2. The summed E-state index contributed by atoms with van der Waals surface area (Å²) < 4.78 is 0. The smallest absolute Gasteiger partial charge is 0.247 e. The topological polar surface area (TPSA) is 37.4 Å². The minimum absolute atomic E-state index is 0.0138. The molecule has 5 heteroatoms. The molecule has 1 atom stereocenters. The molecular weight excluding hydrogens is 317 g/mol. The number of imide groups is 1. The number of nitrogens with zero attached hydrogens (tertiary/aromatic N) is 1. The van der Waals surface area contributed by atoms with Crippen molar-refractivity contribution in [3.63, 3.8) is 0 Å². The molecule has 0 N–H and O–H groups in total. The van der Waals surface area contributed by atoms with E-state index < -0.39 is 0 Å². The van der Waals surface area contributed by atoms with Gasteiger partial charge in [0, 0.05) is 6.42 Å². The number of carbonyl (C=O) groups excluding carboxylic acids is 2. The molecule has 24 heavy (non-hydrogen) atoms. The first kappa shape index (κ1) is 19.1. The number of hydrogen-bond acceptors (Lipinski definition) is 3. The third kappa shape index (κ3) is 3.28. The second-order valence-corrected chi connectivity index (χ2v) is 9.10. The summed E-state index contributed by atoms with van der Waals surface area (Å²) in [5, 5.41) is -0.0611. The minimum atomic E-state index is -0.224. The average molecular weight is 345 g/mol. The summed E-state index contributed by atoms with van der Waals surface area (Å²) in [6, 6.07) is 7.95. The molecule has 1 fully saturated rings. The lowest BCUT2D eigenvalue weighted by Crippen LogP contribution is -2.35. The molecule has 1 aliphatic heterocycles. The predicted molar refractivity (Wildman–Crippen MR) is 106 cm³/mol. The molecule has 1 aliphatic rings. The van der Waals surface area contributed by atoms with Crippen LogP contribution in [0.5, 0.6) is 0 Å². The van der Waals surface area contributed by atoms with Crippen molar-refractivity contribution < 1.29 is 9.59 Å². The Hall–Kier alpha value is -1.23. The zero-order chi connectivity index (χ0) is 18.1. The van der Waals surface area contributed by atoms with Gasteiger partial charge < -0.3 is 0 Å². The van der Waals surface area contributed by atoms with Crippen molar-refractivity contribution in [2.75, 3.05) is 10.7 Å². The van der Waals surface area contributed by atoms with Crippen LogP contribution >= 0.6 is 11.8 Å². The number of amides is 2. The molecular formula is C19H28BNO2S. The van der Waals surface area contributed by atoms with E-state index in [1.54, 1.807) is 11.8 Å². The van der Waals surface area contributed by atoms with Crippen LogP contribution in [0.3, 0.4) is 0 Å². The van der Waals surface area contributed by atoms with Gasteiger partial charge >= 0.3 is 0 Å². The van der Waals surface area contributed by atoms with Crippen LogP contribution in [-0.4, -0.2) is 30.1 Å². The molecule has 1 aromatic carbocycles. The molecule has 0 bridgehead atoms. The lowest BCUT2D eigenvalue weighted by atomic mass is 9.44. The van der Waals surface area contributed by atoms with Crippen molar-refractivity contribution in [1.82, 2.24) is 0 Å². The summed E-state index contributed by atoms with van der Waals surface area (Å²) in [5.41, 5.74) is 1.94. The molecule has 1 heterocycles. The highest BCUT2D eigenvalue weighted by atomic mass is 32.2. The van der Waals surface area contributed by atoms with Crippen LogP contribution in [0, 0.1) is 0 Å².